The van der Waals surface area contributed by atoms with Crippen LogP contribution >= 0.6 is 0 Å². The fraction of sp³-hybridized carbons (Fsp3) is 0.111. The Morgan fingerprint density at radius 2 is 2.08 bits per heavy atom. The molecule has 0 aliphatic carbocycles. The van der Waals surface area contributed by atoms with Gasteiger partial charge >= 0.3 is 0 Å². The molecule has 0 radical (unpaired) electrons. The first-order valence-electron chi connectivity index (χ1n) is 7.89. The molecule has 26 heavy (non-hydrogen) atoms. The summed E-state index contributed by atoms with van der Waals surface area (Å²) >= 11 is 0. The summed E-state index contributed by atoms with van der Waals surface area (Å²) in [5.41, 5.74) is 1.87. The van der Waals surface area contributed by atoms with Crippen LogP contribution in [0, 0.1) is 5.82 Å². The monoisotopic (exact) mass is 351 g/mol. The summed E-state index contributed by atoms with van der Waals surface area (Å²) in [4.78, 5) is 35.8. The van der Waals surface area contributed by atoms with Gasteiger partial charge in [0.25, 0.3) is 11.5 Å². The van der Waals surface area contributed by atoms with E-state index in [9.17, 15) is 14.0 Å². The second-order valence-corrected chi connectivity index (χ2v) is 5.92. The maximum Gasteiger partial charge on any atom is 0.260 e. The lowest BCUT2D eigenvalue weighted by atomic mass is 10.1. The van der Waals surface area contributed by atoms with E-state index in [0.717, 1.165) is 0 Å². The normalized spacial score (nSPS) is 11.2. The number of hydrogen-bond acceptors (Lipinski definition) is 4. The fourth-order valence-electron chi connectivity index (χ4n) is 2.74. The first-order chi connectivity index (χ1) is 12.5. The van der Waals surface area contributed by atoms with E-state index in [1.165, 1.54) is 23.0 Å². The van der Waals surface area contributed by atoms with E-state index in [1.54, 1.807) is 31.3 Å². The number of hydrogen-bond donors (Lipinski definition) is 2. The predicted molar refractivity (Wildman–Crippen MR) is 94.2 cm³/mol. The highest BCUT2D eigenvalue weighted by molar-refractivity contribution is 5.97. The number of carbonyl (C=O) groups is 1. The highest BCUT2D eigenvalue weighted by Crippen LogP contribution is 2.13. The number of aryl methyl sites for hydroxylation is 1. The number of carbonyl (C=O) groups excluding carboxylic acids is 1. The van der Waals surface area contributed by atoms with Gasteiger partial charge in [0.2, 0.25) is 0 Å². The molecule has 0 bridgehead atoms. The lowest BCUT2D eigenvalue weighted by Gasteiger charge is -2.05. The second-order valence-electron chi connectivity index (χ2n) is 5.92. The number of amides is 1. The number of nitrogens with one attached hydrogen (secondary N) is 2. The zero-order valence-corrected chi connectivity index (χ0v) is 13.8. The van der Waals surface area contributed by atoms with Gasteiger partial charge in [0.15, 0.2) is 0 Å². The molecule has 0 aliphatic rings. The number of aromatic nitrogens is 4. The number of fused-ring (bicyclic) bond motifs is 2. The van der Waals surface area contributed by atoms with Crippen molar-refractivity contribution < 1.29 is 9.18 Å². The van der Waals surface area contributed by atoms with Crippen molar-refractivity contribution in [2.45, 2.75) is 6.54 Å². The van der Waals surface area contributed by atoms with Crippen LogP contribution in [0.5, 0.6) is 0 Å². The van der Waals surface area contributed by atoms with Crippen molar-refractivity contribution in [3.8, 4) is 0 Å². The number of rotatable bonds is 3. The van der Waals surface area contributed by atoms with E-state index >= 15 is 0 Å². The van der Waals surface area contributed by atoms with Gasteiger partial charge in [-0.15, -0.1) is 0 Å². The van der Waals surface area contributed by atoms with E-state index in [1.807, 2.05) is 0 Å². The fourth-order valence-corrected chi connectivity index (χ4v) is 2.74. The van der Waals surface area contributed by atoms with Gasteiger partial charge in [0.1, 0.15) is 11.6 Å². The maximum atomic E-state index is 13.2. The van der Waals surface area contributed by atoms with Crippen molar-refractivity contribution in [3.05, 3.63) is 70.3 Å². The van der Waals surface area contributed by atoms with Crippen molar-refractivity contribution in [1.82, 2.24) is 24.8 Å². The van der Waals surface area contributed by atoms with E-state index in [2.05, 4.69) is 20.3 Å². The van der Waals surface area contributed by atoms with Crippen molar-refractivity contribution in [2.24, 2.45) is 7.05 Å². The molecule has 0 saturated heterocycles. The minimum atomic E-state index is -0.355. The molecule has 4 aromatic rings. The maximum absolute atomic E-state index is 13.2. The minimum Gasteiger partial charge on any atom is -0.345 e. The summed E-state index contributed by atoms with van der Waals surface area (Å²) < 4.78 is 14.6. The molecule has 2 aromatic carbocycles. The molecule has 0 saturated carbocycles. The molecule has 2 heterocycles. The van der Waals surface area contributed by atoms with Crippen molar-refractivity contribution in [1.29, 1.82) is 0 Å². The van der Waals surface area contributed by atoms with Crippen LogP contribution in [0.15, 0.2) is 47.5 Å². The molecule has 2 aromatic heterocycles. The minimum absolute atomic E-state index is 0.164. The molecule has 0 aliphatic heterocycles. The van der Waals surface area contributed by atoms with Crippen LogP contribution < -0.4 is 10.9 Å². The highest BCUT2D eigenvalue weighted by Gasteiger charge is 2.10. The van der Waals surface area contributed by atoms with Gasteiger partial charge in [-0.1, -0.05) is 0 Å². The number of benzene rings is 2. The van der Waals surface area contributed by atoms with Crippen molar-refractivity contribution >= 4 is 27.8 Å². The van der Waals surface area contributed by atoms with E-state index in [-0.39, 0.29) is 23.8 Å². The Bertz CT molecular complexity index is 1210. The summed E-state index contributed by atoms with van der Waals surface area (Å²) in [6.07, 6.45) is 1.42. The van der Waals surface area contributed by atoms with E-state index < -0.39 is 0 Å². The quantitative estimate of drug-likeness (QED) is 0.589. The third-order valence-corrected chi connectivity index (χ3v) is 4.09. The molecule has 0 unspecified atom stereocenters. The topological polar surface area (TPSA) is 92.7 Å². The van der Waals surface area contributed by atoms with Gasteiger partial charge in [0.05, 0.1) is 34.8 Å². The number of aromatic amines is 1. The molecule has 7 nitrogen and oxygen atoms in total. The molecule has 1 amide bonds. The summed E-state index contributed by atoms with van der Waals surface area (Å²) in [7, 11) is 1.62. The predicted octanol–water partition coefficient (Wildman–Crippen LogP) is 1.88. The summed E-state index contributed by atoms with van der Waals surface area (Å²) in [6.45, 7) is 0.164. The molecule has 130 valence electrons. The van der Waals surface area contributed by atoms with Crippen LogP contribution in [0.3, 0.4) is 0 Å². The lowest BCUT2D eigenvalue weighted by molar-refractivity contribution is 0.0950. The van der Waals surface area contributed by atoms with Crippen LogP contribution in [0.25, 0.3) is 21.9 Å². The largest absolute Gasteiger partial charge is 0.345 e. The second kappa shape index (κ2) is 6.07. The Labute approximate surface area is 146 Å². The SMILES string of the molecule is Cn1cnc2cc(C(=O)NCc3nc4ccc(F)cc4[nH]3)ccc2c1=O. The molecule has 4 rings (SSSR count). The molecular formula is C18H14FN5O2. The summed E-state index contributed by atoms with van der Waals surface area (Å²) in [5, 5.41) is 3.19. The van der Waals surface area contributed by atoms with Gasteiger partial charge in [0, 0.05) is 12.6 Å². The van der Waals surface area contributed by atoms with Crippen LogP contribution in [-0.2, 0) is 13.6 Å². The van der Waals surface area contributed by atoms with Crippen LogP contribution in [0.2, 0.25) is 0 Å². The van der Waals surface area contributed by atoms with Gasteiger partial charge < -0.3 is 14.9 Å². The molecule has 0 atom stereocenters. The lowest BCUT2D eigenvalue weighted by Crippen LogP contribution is -2.24. The van der Waals surface area contributed by atoms with Gasteiger partial charge in [-0.05, 0) is 36.4 Å². The Morgan fingerprint density at radius 1 is 1.23 bits per heavy atom. The third-order valence-electron chi connectivity index (χ3n) is 4.09. The molecule has 0 fully saturated rings. The summed E-state index contributed by atoms with van der Waals surface area (Å²) in [5.74, 6) is -0.153. The molecular weight excluding hydrogens is 337 g/mol. The Hall–Kier alpha value is -3.55. The smallest absolute Gasteiger partial charge is 0.260 e. The highest BCUT2D eigenvalue weighted by atomic mass is 19.1. The first kappa shape index (κ1) is 15.9. The number of nitrogens with zero attached hydrogens (tertiary/aromatic N) is 3. The van der Waals surface area contributed by atoms with Crippen LogP contribution in [0.4, 0.5) is 4.39 Å². The zero-order valence-electron chi connectivity index (χ0n) is 13.8. The molecule has 2 N–H and O–H groups in total. The number of halogens is 1. The average Bonchev–Trinajstić information content (AvgIpc) is 3.04. The summed E-state index contributed by atoms with van der Waals surface area (Å²) in [6, 6.07) is 8.99. The molecule has 8 heteroatoms. The molecule has 0 spiro atoms. The van der Waals surface area contributed by atoms with Crippen molar-refractivity contribution in [3.63, 3.8) is 0 Å². The zero-order chi connectivity index (χ0) is 18.3. The Morgan fingerprint density at radius 3 is 2.92 bits per heavy atom. The van der Waals surface area contributed by atoms with Crippen LogP contribution in [0.1, 0.15) is 16.2 Å². The first-order valence-corrected chi connectivity index (χ1v) is 7.89. The van der Waals surface area contributed by atoms with E-state index in [4.69, 9.17) is 0 Å². The van der Waals surface area contributed by atoms with Gasteiger partial charge in [-0.25, -0.2) is 14.4 Å². The van der Waals surface area contributed by atoms with Crippen molar-refractivity contribution in [2.75, 3.05) is 0 Å². The Kier molecular flexibility index (Phi) is 3.72. The number of imidazole rings is 1. The number of H-pyrrole nitrogens is 1. The Balaban J connectivity index is 1.54. The van der Waals surface area contributed by atoms with E-state index in [0.29, 0.717) is 33.3 Å². The third kappa shape index (κ3) is 2.81. The average molecular weight is 351 g/mol. The van der Waals surface area contributed by atoms with Crippen LogP contribution in [-0.4, -0.2) is 25.4 Å². The van der Waals surface area contributed by atoms with Gasteiger partial charge in [-0.2, -0.15) is 0 Å². The van der Waals surface area contributed by atoms with Gasteiger partial charge in [-0.3, -0.25) is 9.59 Å². The standard InChI is InChI=1S/C18H14FN5O2/c1-24-9-21-14-6-10(2-4-12(14)18(24)26)17(25)20-8-16-22-13-5-3-11(19)7-15(13)23-16/h2-7,9H,8H2,1H3,(H,20,25)(H,22,23).